The molecular formula is C19H20F3N3O3. The molecule has 0 spiro atoms. The number of hydrogen-bond donors (Lipinski definition) is 0. The zero-order chi connectivity index (χ0) is 20.4. The third kappa shape index (κ3) is 4.31. The van der Waals surface area contributed by atoms with E-state index < -0.39 is 17.2 Å². The fraction of sp³-hybridized carbons (Fsp3) is 0.421. The number of alkyl halides is 3. The van der Waals surface area contributed by atoms with Gasteiger partial charge in [0.2, 0.25) is 0 Å². The first-order valence-electron chi connectivity index (χ1n) is 8.75. The molecule has 0 N–H and O–H groups in total. The van der Waals surface area contributed by atoms with Crippen LogP contribution in [-0.4, -0.2) is 40.1 Å². The lowest BCUT2D eigenvalue weighted by Gasteiger charge is -2.36. The van der Waals surface area contributed by atoms with Crippen LogP contribution in [0.4, 0.5) is 13.2 Å². The Kier molecular flexibility index (Phi) is 5.66. The van der Waals surface area contributed by atoms with E-state index in [0.717, 1.165) is 12.1 Å². The summed E-state index contributed by atoms with van der Waals surface area (Å²) in [6, 6.07) is 4.54. The highest BCUT2D eigenvalue weighted by atomic mass is 19.4. The van der Waals surface area contributed by atoms with Crippen LogP contribution in [0.5, 0.6) is 0 Å². The van der Waals surface area contributed by atoms with E-state index in [9.17, 15) is 18.0 Å². The number of halogens is 3. The lowest BCUT2D eigenvalue weighted by molar-refractivity contribution is -0.221. The molecule has 1 fully saturated rings. The molecule has 28 heavy (non-hydrogen) atoms. The van der Waals surface area contributed by atoms with E-state index in [1.807, 2.05) is 6.92 Å². The molecule has 1 aliphatic heterocycles. The van der Waals surface area contributed by atoms with Gasteiger partial charge in [0.25, 0.3) is 0 Å². The van der Waals surface area contributed by atoms with Crippen molar-refractivity contribution in [2.45, 2.75) is 32.7 Å². The zero-order valence-electron chi connectivity index (χ0n) is 15.4. The van der Waals surface area contributed by atoms with E-state index in [1.165, 1.54) is 35.5 Å². The number of Topliss-reactive ketones (excluding diaryl/α,β-unsaturated/α-hetero) is 1. The predicted molar refractivity (Wildman–Crippen MR) is 94.7 cm³/mol. The average molecular weight is 395 g/mol. The molecule has 0 bridgehead atoms. The third-order valence-electron chi connectivity index (χ3n) is 4.50. The monoisotopic (exact) mass is 395 g/mol. The summed E-state index contributed by atoms with van der Waals surface area (Å²) in [4.78, 5) is 17.1. The van der Waals surface area contributed by atoms with Crippen molar-refractivity contribution >= 4 is 17.6 Å². The molecule has 1 aromatic carbocycles. The van der Waals surface area contributed by atoms with Crippen molar-refractivity contribution in [2.75, 3.05) is 13.2 Å². The summed E-state index contributed by atoms with van der Waals surface area (Å²) in [7, 11) is 0. The summed E-state index contributed by atoms with van der Waals surface area (Å²) >= 11 is 0. The summed E-state index contributed by atoms with van der Waals surface area (Å²) in [6.45, 7) is 3.98. The summed E-state index contributed by atoms with van der Waals surface area (Å²) in [5.41, 5.74) is -1.11. The van der Waals surface area contributed by atoms with Gasteiger partial charge in [0, 0.05) is 0 Å². The number of ketones is 1. The Bertz CT molecular complexity index is 838. The van der Waals surface area contributed by atoms with Crippen molar-refractivity contribution in [1.29, 1.82) is 0 Å². The topological polar surface area (TPSA) is 66.2 Å². The second-order valence-corrected chi connectivity index (χ2v) is 6.84. The molecule has 2 heterocycles. The Morgan fingerprint density at radius 2 is 1.93 bits per heavy atom. The van der Waals surface area contributed by atoms with Gasteiger partial charge in [-0.3, -0.25) is 4.79 Å². The maximum atomic E-state index is 13.2. The lowest BCUT2D eigenvalue weighted by Crippen LogP contribution is -2.45. The number of hydrogen-bond acceptors (Lipinski definition) is 5. The number of carbonyl (C=O) groups excluding carboxylic acids is 1. The summed E-state index contributed by atoms with van der Waals surface area (Å²) in [5.74, 6) is -0.299. The van der Waals surface area contributed by atoms with Crippen LogP contribution in [0.2, 0.25) is 0 Å². The molecule has 9 heteroatoms. The minimum atomic E-state index is -4.42. The van der Waals surface area contributed by atoms with Gasteiger partial charge in [0.1, 0.15) is 18.4 Å². The van der Waals surface area contributed by atoms with Crippen LogP contribution >= 0.6 is 0 Å². The Labute approximate surface area is 160 Å². The largest absolute Gasteiger partial charge is 0.416 e. The SMILES string of the molecule is CCC1OCC(C)(C(=O)C(=Cc2ccc(C(F)(F)F)cc2)n2cncn2)CO1. The maximum Gasteiger partial charge on any atom is 0.416 e. The molecular weight excluding hydrogens is 375 g/mol. The second kappa shape index (κ2) is 7.84. The van der Waals surface area contributed by atoms with E-state index >= 15 is 0 Å². The van der Waals surface area contributed by atoms with Crippen molar-refractivity contribution in [3.63, 3.8) is 0 Å². The average Bonchev–Trinajstić information content (AvgIpc) is 3.20. The van der Waals surface area contributed by atoms with Gasteiger partial charge in [-0.1, -0.05) is 19.1 Å². The molecule has 0 atom stereocenters. The van der Waals surface area contributed by atoms with Crippen LogP contribution in [0.25, 0.3) is 11.8 Å². The molecule has 2 aromatic rings. The standard InChI is InChI=1S/C19H20F3N3O3/c1-3-16-27-9-18(2,10-28-16)17(26)15(25-12-23-11-24-25)8-13-4-6-14(7-5-13)19(20,21)22/h4-8,11-12,16H,3,9-10H2,1-2H3. The number of ether oxygens (including phenoxy) is 2. The molecule has 1 aromatic heterocycles. The zero-order valence-corrected chi connectivity index (χ0v) is 15.4. The molecule has 6 nitrogen and oxygen atoms in total. The van der Waals surface area contributed by atoms with Crippen molar-refractivity contribution < 1.29 is 27.4 Å². The van der Waals surface area contributed by atoms with Crippen LogP contribution in [0, 0.1) is 5.41 Å². The fourth-order valence-electron chi connectivity index (χ4n) is 2.81. The second-order valence-electron chi connectivity index (χ2n) is 6.84. The first kappa shape index (κ1) is 20.2. The molecule has 1 saturated heterocycles. The van der Waals surface area contributed by atoms with Gasteiger partial charge >= 0.3 is 6.18 Å². The van der Waals surface area contributed by atoms with Crippen molar-refractivity contribution in [3.8, 4) is 0 Å². The van der Waals surface area contributed by atoms with Crippen LogP contribution in [0.1, 0.15) is 31.4 Å². The van der Waals surface area contributed by atoms with Crippen LogP contribution < -0.4 is 0 Å². The smallest absolute Gasteiger partial charge is 0.352 e. The predicted octanol–water partition coefficient (Wildman–Crippen LogP) is 3.65. The highest BCUT2D eigenvalue weighted by Gasteiger charge is 2.41. The highest BCUT2D eigenvalue weighted by molar-refractivity contribution is 6.22. The molecule has 3 rings (SSSR count). The van der Waals surface area contributed by atoms with Gasteiger partial charge in [-0.15, -0.1) is 0 Å². The first-order valence-corrected chi connectivity index (χ1v) is 8.75. The Morgan fingerprint density at radius 1 is 1.29 bits per heavy atom. The molecule has 0 saturated carbocycles. The molecule has 0 unspecified atom stereocenters. The van der Waals surface area contributed by atoms with Crippen molar-refractivity contribution in [3.05, 3.63) is 48.0 Å². The highest BCUT2D eigenvalue weighted by Crippen LogP contribution is 2.32. The maximum absolute atomic E-state index is 13.2. The quantitative estimate of drug-likeness (QED) is 0.723. The Hall–Kier alpha value is -2.52. The van der Waals surface area contributed by atoms with Gasteiger partial charge in [-0.2, -0.15) is 18.3 Å². The molecule has 150 valence electrons. The Balaban J connectivity index is 1.92. The van der Waals surface area contributed by atoms with Crippen molar-refractivity contribution in [2.24, 2.45) is 5.41 Å². The lowest BCUT2D eigenvalue weighted by atomic mass is 9.84. The van der Waals surface area contributed by atoms with E-state index in [-0.39, 0.29) is 31.0 Å². The van der Waals surface area contributed by atoms with Gasteiger partial charge < -0.3 is 9.47 Å². The van der Waals surface area contributed by atoms with Crippen molar-refractivity contribution in [1.82, 2.24) is 14.8 Å². The number of allylic oxidation sites excluding steroid dienone is 1. The van der Waals surface area contributed by atoms with Crippen LogP contribution in [0.15, 0.2) is 36.9 Å². The van der Waals surface area contributed by atoms with E-state index in [0.29, 0.717) is 12.0 Å². The molecule has 0 aliphatic carbocycles. The fourth-order valence-corrected chi connectivity index (χ4v) is 2.81. The summed E-state index contributed by atoms with van der Waals surface area (Å²) < 4.78 is 50.8. The minimum absolute atomic E-state index is 0.168. The van der Waals surface area contributed by atoms with E-state index in [4.69, 9.17) is 9.47 Å². The number of aromatic nitrogens is 3. The number of rotatable bonds is 5. The normalized spacial score (nSPS) is 23.6. The third-order valence-corrected chi connectivity index (χ3v) is 4.50. The molecule has 1 aliphatic rings. The number of benzene rings is 1. The van der Waals surface area contributed by atoms with Gasteiger partial charge in [0.05, 0.1) is 24.2 Å². The first-order chi connectivity index (χ1) is 13.2. The van der Waals surface area contributed by atoms with E-state index in [2.05, 4.69) is 10.1 Å². The molecule has 0 radical (unpaired) electrons. The molecule has 0 amide bonds. The van der Waals surface area contributed by atoms with Gasteiger partial charge in [-0.05, 0) is 37.1 Å². The van der Waals surface area contributed by atoms with Gasteiger partial charge in [-0.25, -0.2) is 9.67 Å². The minimum Gasteiger partial charge on any atom is -0.352 e. The Morgan fingerprint density at radius 3 is 2.43 bits per heavy atom. The van der Waals surface area contributed by atoms with Gasteiger partial charge in [0.15, 0.2) is 12.1 Å². The van der Waals surface area contributed by atoms with Crippen LogP contribution in [-0.2, 0) is 20.4 Å². The summed E-state index contributed by atoms with van der Waals surface area (Å²) in [6.07, 6.45) is 0.00545. The van der Waals surface area contributed by atoms with Crippen LogP contribution in [0.3, 0.4) is 0 Å². The number of carbonyl (C=O) groups is 1. The number of nitrogens with zero attached hydrogens (tertiary/aromatic N) is 3. The van der Waals surface area contributed by atoms with E-state index in [1.54, 1.807) is 6.92 Å². The summed E-state index contributed by atoms with van der Waals surface area (Å²) in [5, 5.41) is 4.00.